The Morgan fingerprint density at radius 2 is 1.94 bits per heavy atom. The number of aryl methyl sites for hydroxylation is 1. The predicted octanol–water partition coefficient (Wildman–Crippen LogP) is 4.24. The van der Waals surface area contributed by atoms with E-state index in [1.165, 1.54) is 6.26 Å². The first-order valence-electron chi connectivity index (χ1n) is 10.5. The van der Waals surface area contributed by atoms with Gasteiger partial charge in [-0.2, -0.15) is 5.10 Å². The number of hydrogen-bond donors (Lipinski definition) is 0. The summed E-state index contributed by atoms with van der Waals surface area (Å²) in [7, 11) is -3.34. The van der Waals surface area contributed by atoms with E-state index in [9.17, 15) is 13.2 Å². The van der Waals surface area contributed by atoms with E-state index in [-0.39, 0.29) is 16.7 Å². The van der Waals surface area contributed by atoms with Crippen LogP contribution in [0.5, 0.6) is 0 Å². The number of aromatic nitrogens is 3. The van der Waals surface area contributed by atoms with Gasteiger partial charge in [0.25, 0.3) is 5.56 Å². The maximum absolute atomic E-state index is 13.3. The van der Waals surface area contributed by atoms with Gasteiger partial charge < -0.3 is 4.74 Å². The first-order valence-corrected chi connectivity index (χ1v) is 13.2. The van der Waals surface area contributed by atoms with E-state index in [2.05, 4.69) is 15.9 Å². The van der Waals surface area contributed by atoms with Gasteiger partial charge in [0.05, 0.1) is 26.1 Å². The first kappa shape index (κ1) is 20.9. The van der Waals surface area contributed by atoms with Crippen molar-refractivity contribution < 1.29 is 13.2 Å². The number of fused-ring (bicyclic) bond motifs is 1. The molecule has 1 saturated carbocycles. The fourth-order valence-corrected chi connectivity index (χ4v) is 5.77. The second-order valence-corrected chi connectivity index (χ2v) is 11.4. The second-order valence-electron chi connectivity index (χ2n) is 8.51. The predicted molar refractivity (Wildman–Crippen MR) is 122 cm³/mol. The van der Waals surface area contributed by atoms with Gasteiger partial charge in [-0.25, -0.2) is 13.1 Å². The molecule has 7 nitrogen and oxygen atoms in total. The topological polar surface area (TPSA) is 83.2 Å². The minimum absolute atomic E-state index is 0.143. The van der Waals surface area contributed by atoms with Crippen LogP contribution in [-0.2, 0) is 14.6 Å². The highest BCUT2D eigenvalue weighted by Crippen LogP contribution is 2.44. The van der Waals surface area contributed by atoms with Gasteiger partial charge in [0.2, 0.25) is 0 Å². The van der Waals surface area contributed by atoms with Crippen molar-refractivity contribution >= 4 is 36.8 Å². The summed E-state index contributed by atoms with van der Waals surface area (Å²) in [5.74, 6) is 0.329. The summed E-state index contributed by atoms with van der Waals surface area (Å²) in [4.78, 5) is 13.6. The molecule has 0 spiro atoms. The zero-order chi connectivity index (χ0) is 21.9. The van der Waals surface area contributed by atoms with Gasteiger partial charge in [0.1, 0.15) is 0 Å². The molecule has 1 aromatic carbocycles. The van der Waals surface area contributed by atoms with Crippen LogP contribution in [0.1, 0.15) is 55.5 Å². The van der Waals surface area contributed by atoms with Crippen molar-refractivity contribution in [3.8, 4) is 5.69 Å². The summed E-state index contributed by atoms with van der Waals surface area (Å²) in [6, 6.07) is 6.87. The molecule has 0 radical (unpaired) electrons. The van der Waals surface area contributed by atoms with Crippen LogP contribution < -0.4 is 5.56 Å². The SMILES string of the molecule is Cc1cc(-n2c(=O)c(Br)cc3c2c(C2CC2)nn3C2CCCCO2)ccc1S(C)(=O)=O. The summed E-state index contributed by atoms with van der Waals surface area (Å²) in [5, 5.41) is 4.94. The van der Waals surface area contributed by atoms with Gasteiger partial charge in [-0.15, -0.1) is 0 Å². The van der Waals surface area contributed by atoms with E-state index >= 15 is 0 Å². The Morgan fingerprint density at radius 3 is 2.55 bits per heavy atom. The van der Waals surface area contributed by atoms with Crippen molar-refractivity contribution in [1.29, 1.82) is 0 Å². The third kappa shape index (κ3) is 3.66. The quantitative estimate of drug-likeness (QED) is 0.529. The minimum atomic E-state index is -3.34. The maximum Gasteiger partial charge on any atom is 0.270 e. The molecule has 9 heteroatoms. The summed E-state index contributed by atoms with van der Waals surface area (Å²) < 4.78 is 34.2. The molecule has 2 fully saturated rings. The molecule has 3 aromatic rings. The number of nitrogens with zero attached hydrogens (tertiary/aromatic N) is 3. The van der Waals surface area contributed by atoms with E-state index < -0.39 is 9.84 Å². The number of pyridine rings is 1. The van der Waals surface area contributed by atoms with Crippen molar-refractivity contribution in [1.82, 2.24) is 14.3 Å². The van der Waals surface area contributed by atoms with Crippen molar-refractivity contribution in [2.45, 2.75) is 56.1 Å². The molecular formula is C22H24BrN3O4S. The summed E-state index contributed by atoms with van der Waals surface area (Å²) >= 11 is 3.44. The highest BCUT2D eigenvalue weighted by molar-refractivity contribution is 9.10. The Morgan fingerprint density at radius 1 is 1.16 bits per heavy atom. The maximum atomic E-state index is 13.3. The smallest absolute Gasteiger partial charge is 0.270 e. The van der Waals surface area contributed by atoms with Crippen LogP contribution in [0, 0.1) is 6.92 Å². The Kier molecular flexibility index (Phi) is 5.10. The van der Waals surface area contributed by atoms with Crippen LogP contribution in [0.3, 0.4) is 0 Å². The molecule has 1 aliphatic heterocycles. The van der Waals surface area contributed by atoms with Gasteiger partial charge in [-0.3, -0.25) is 9.36 Å². The van der Waals surface area contributed by atoms with Crippen molar-refractivity contribution in [2.24, 2.45) is 0 Å². The molecule has 2 aliphatic rings. The summed E-state index contributed by atoms with van der Waals surface area (Å²) in [5.41, 5.74) is 3.60. The van der Waals surface area contributed by atoms with Gasteiger partial charge in [0, 0.05) is 24.5 Å². The van der Waals surface area contributed by atoms with Gasteiger partial charge in [-0.1, -0.05) is 0 Å². The fraction of sp³-hybridized carbons (Fsp3) is 0.455. The largest absolute Gasteiger partial charge is 0.356 e. The van der Waals surface area contributed by atoms with E-state index in [0.717, 1.165) is 48.8 Å². The molecule has 3 heterocycles. The molecule has 0 N–H and O–H groups in total. The van der Waals surface area contributed by atoms with Crippen LogP contribution in [0.2, 0.25) is 0 Å². The average molecular weight is 506 g/mol. The van der Waals surface area contributed by atoms with E-state index in [1.54, 1.807) is 29.7 Å². The third-order valence-electron chi connectivity index (χ3n) is 6.05. The van der Waals surface area contributed by atoms with Crippen LogP contribution >= 0.6 is 15.9 Å². The normalized spacial score (nSPS) is 19.8. The molecule has 5 rings (SSSR count). The molecule has 2 aromatic heterocycles. The molecule has 0 amide bonds. The molecule has 1 atom stereocenters. The highest BCUT2D eigenvalue weighted by atomic mass is 79.9. The zero-order valence-corrected chi connectivity index (χ0v) is 19.9. The number of halogens is 1. The van der Waals surface area contributed by atoms with Crippen LogP contribution in [0.25, 0.3) is 16.7 Å². The average Bonchev–Trinajstić information content (AvgIpc) is 3.50. The van der Waals surface area contributed by atoms with Gasteiger partial charge >= 0.3 is 0 Å². The number of sulfone groups is 1. The van der Waals surface area contributed by atoms with Crippen molar-refractivity contribution in [3.63, 3.8) is 0 Å². The minimum Gasteiger partial charge on any atom is -0.356 e. The number of ether oxygens (including phenoxy) is 1. The lowest BCUT2D eigenvalue weighted by Gasteiger charge is -2.23. The lowest BCUT2D eigenvalue weighted by atomic mass is 10.1. The standard InChI is InChI=1S/C22H24BrN3O4S/c1-13-11-15(8-9-18(13)31(2,28)29)25-21-17(12-16(23)22(25)27)26(19-5-3-4-10-30-19)24-20(21)14-6-7-14/h8-9,11-12,14,19H,3-7,10H2,1-2H3. The van der Waals surface area contributed by atoms with Crippen LogP contribution in [-0.4, -0.2) is 35.6 Å². The lowest BCUT2D eigenvalue weighted by molar-refractivity contribution is -0.0369. The lowest BCUT2D eigenvalue weighted by Crippen LogP contribution is -2.22. The van der Waals surface area contributed by atoms with Crippen LogP contribution in [0.15, 0.2) is 38.4 Å². The fourth-order valence-electron chi connectivity index (χ4n) is 4.41. The molecular weight excluding hydrogens is 482 g/mol. The Hall–Kier alpha value is -1.97. The Bertz CT molecular complexity index is 1350. The van der Waals surface area contributed by atoms with Gasteiger partial charge in [0.15, 0.2) is 16.1 Å². The highest BCUT2D eigenvalue weighted by Gasteiger charge is 2.33. The number of benzene rings is 1. The summed E-state index contributed by atoms with van der Waals surface area (Å²) in [6.45, 7) is 2.46. The Labute approximate surface area is 189 Å². The van der Waals surface area contributed by atoms with Crippen LogP contribution in [0.4, 0.5) is 0 Å². The van der Waals surface area contributed by atoms with Gasteiger partial charge in [-0.05, 0) is 84.8 Å². The zero-order valence-electron chi connectivity index (χ0n) is 17.5. The second kappa shape index (κ2) is 7.56. The molecule has 1 unspecified atom stereocenters. The number of rotatable bonds is 4. The molecule has 1 aliphatic carbocycles. The Balaban J connectivity index is 1.79. The number of hydrogen-bond acceptors (Lipinski definition) is 5. The monoisotopic (exact) mass is 505 g/mol. The third-order valence-corrected chi connectivity index (χ3v) is 7.88. The van der Waals surface area contributed by atoms with E-state index in [1.807, 2.05) is 10.7 Å². The molecule has 164 valence electrons. The summed E-state index contributed by atoms with van der Waals surface area (Å²) in [6.07, 6.45) is 6.17. The van der Waals surface area contributed by atoms with E-state index in [0.29, 0.717) is 28.2 Å². The molecule has 1 saturated heterocycles. The van der Waals surface area contributed by atoms with Crippen molar-refractivity contribution in [2.75, 3.05) is 12.9 Å². The van der Waals surface area contributed by atoms with E-state index in [4.69, 9.17) is 9.84 Å². The molecule has 0 bridgehead atoms. The molecule has 31 heavy (non-hydrogen) atoms. The first-order chi connectivity index (χ1) is 14.8. The van der Waals surface area contributed by atoms with Crippen molar-refractivity contribution in [3.05, 3.63) is 50.3 Å².